The van der Waals surface area contributed by atoms with Crippen LogP contribution in [0.2, 0.25) is 0 Å². The maximum Gasteiger partial charge on any atom is 0.255 e. The van der Waals surface area contributed by atoms with E-state index in [1.54, 1.807) is 36.4 Å². The number of benzene rings is 3. The number of nitrogens with one attached hydrogen (secondary N) is 1. The third-order valence-electron chi connectivity index (χ3n) is 3.80. The highest BCUT2D eigenvalue weighted by atomic mass is 127. The molecular formula is C20H12FIN2O2. The molecule has 3 aromatic carbocycles. The van der Waals surface area contributed by atoms with Crippen LogP contribution >= 0.6 is 22.6 Å². The van der Waals surface area contributed by atoms with Crippen LogP contribution in [0.15, 0.2) is 71.1 Å². The summed E-state index contributed by atoms with van der Waals surface area (Å²) in [4.78, 5) is 16.8. The Morgan fingerprint density at radius 2 is 1.88 bits per heavy atom. The fraction of sp³-hybridized carbons (Fsp3) is 0. The fourth-order valence-corrected chi connectivity index (χ4v) is 3.13. The molecule has 1 N–H and O–H groups in total. The molecule has 0 radical (unpaired) electrons. The van der Waals surface area contributed by atoms with E-state index in [0.717, 1.165) is 3.57 Å². The lowest BCUT2D eigenvalue weighted by Gasteiger charge is -2.05. The number of amides is 1. The van der Waals surface area contributed by atoms with Gasteiger partial charge in [0.1, 0.15) is 11.3 Å². The highest BCUT2D eigenvalue weighted by Crippen LogP contribution is 2.26. The fourth-order valence-electron chi connectivity index (χ4n) is 2.58. The molecule has 4 rings (SSSR count). The molecule has 4 aromatic rings. The number of fused-ring (bicyclic) bond motifs is 1. The molecule has 1 aromatic heterocycles. The van der Waals surface area contributed by atoms with Gasteiger partial charge in [-0.05, 0) is 77.2 Å². The molecule has 0 spiro atoms. The molecule has 128 valence electrons. The van der Waals surface area contributed by atoms with Crippen LogP contribution in [0.5, 0.6) is 0 Å². The van der Waals surface area contributed by atoms with Gasteiger partial charge in [0, 0.05) is 20.4 Å². The van der Waals surface area contributed by atoms with E-state index >= 15 is 0 Å². The van der Waals surface area contributed by atoms with E-state index in [9.17, 15) is 9.18 Å². The van der Waals surface area contributed by atoms with Gasteiger partial charge in [-0.25, -0.2) is 9.37 Å². The molecule has 0 saturated carbocycles. The number of anilines is 1. The number of aromatic nitrogens is 1. The van der Waals surface area contributed by atoms with E-state index in [-0.39, 0.29) is 11.7 Å². The van der Waals surface area contributed by atoms with Crippen molar-refractivity contribution in [3.05, 3.63) is 81.7 Å². The Balaban J connectivity index is 1.62. The number of oxazole rings is 1. The summed E-state index contributed by atoms with van der Waals surface area (Å²) in [6.45, 7) is 0. The minimum absolute atomic E-state index is 0.197. The molecular weight excluding hydrogens is 446 g/mol. The molecule has 0 fully saturated rings. The van der Waals surface area contributed by atoms with E-state index in [1.807, 2.05) is 18.2 Å². The van der Waals surface area contributed by atoms with Crippen LogP contribution in [-0.2, 0) is 0 Å². The lowest BCUT2D eigenvalue weighted by atomic mass is 10.2. The summed E-state index contributed by atoms with van der Waals surface area (Å²) in [6.07, 6.45) is 0. The Bertz CT molecular complexity index is 1120. The summed E-state index contributed by atoms with van der Waals surface area (Å²) >= 11 is 2.16. The zero-order valence-corrected chi connectivity index (χ0v) is 15.5. The highest BCUT2D eigenvalue weighted by molar-refractivity contribution is 14.1. The van der Waals surface area contributed by atoms with E-state index < -0.39 is 0 Å². The number of carbonyl (C=O) groups excluding carboxylic acids is 1. The minimum atomic E-state index is -0.352. The first-order chi connectivity index (χ1) is 12.6. The van der Waals surface area contributed by atoms with E-state index in [0.29, 0.717) is 33.8 Å². The summed E-state index contributed by atoms with van der Waals surface area (Å²) < 4.78 is 20.1. The van der Waals surface area contributed by atoms with Crippen LogP contribution < -0.4 is 5.32 Å². The minimum Gasteiger partial charge on any atom is -0.436 e. The molecule has 0 bridgehead atoms. The second-order valence-corrected chi connectivity index (χ2v) is 6.92. The summed E-state index contributed by atoms with van der Waals surface area (Å²) in [5, 5.41) is 2.85. The van der Waals surface area contributed by atoms with Crippen molar-refractivity contribution in [3.63, 3.8) is 0 Å². The largest absolute Gasteiger partial charge is 0.436 e. The number of carbonyl (C=O) groups is 1. The molecule has 0 unspecified atom stereocenters. The van der Waals surface area contributed by atoms with Gasteiger partial charge in [-0.1, -0.05) is 12.1 Å². The number of halogens is 2. The van der Waals surface area contributed by atoms with Gasteiger partial charge < -0.3 is 9.73 Å². The van der Waals surface area contributed by atoms with Gasteiger partial charge in [0.15, 0.2) is 5.58 Å². The van der Waals surface area contributed by atoms with Gasteiger partial charge in [-0.15, -0.1) is 0 Å². The standard InChI is InChI=1S/C20H12FIN2O2/c21-14-5-1-4-13(9-14)20-24-17-11-16(7-8-18(17)26-20)23-19(25)12-3-2-6-15(22)10-12/h1-11H,(H,23,25). The average molecular weight is 458 g/mol. The first kappa shape index (κ1) is 16.7. The number of rotatable bonds is 3. The van der Waals surface area contributed by atoms with Gasteiger partial charge >= 0.3 is 0 Å². The topological polar surface area (TPSA) is 55.1 Å². The lowest BCUT2D eigenvalue weighted by molar-refractivity contribution is 0.102. The van der Waals surface area contributed by atoms with Crippen molar-refractivity contribution in [2.75, 3.05) is 5.32 Å². The van der Waals surface area contributed by atoms with Gasteiger partial charge in [-0.2, -0.15) is 0 Å². The van der Waals surface area contributed by atoms with Crippen LogP contribution in [0.3, 0.4) is 0 Å². The van der Waals surface area contributed by atoms with Crippen molar-refractivity contribution in [1.82, 2.24) is 4.98 Å². The smallest absolute Gasteiger partial charge is 0.255 e. The number of hydrogen-bond donors (Lipinski definition) is 1. The zero-order valence-electron chi connectivity index (χ0n) is 13.4. The summed E-state index contributed by atoms with van der Waals surface area (Å²) in [5.74, 6) is -0.215. The molecule has 0 aliphatic rings. The highest BCUT2D eigenvalue weighted by Gasteiger charge is 2.11. The maximum absolute atomic E-state index is 13.4. The zero-order chi connectivity index (χ0) is 18.1. The second-order valence-electron chi connectivity index (χ2n) is 5.68. The first-order valence-electron chi connectivity index (χ1n) is 7.82. The van der Waals surface area contributed by atoms with Crippen molar-refractivity contribution in [3.8, 4) is 11.5 Å². The van der Waals surface area contributed by atoms with E-state index in [4.69, 9.17) is 4.42 Å². The Morgan fingerprint density at radius 1 is 1.04 bits per heavy atom. The first-order valence-corrected chi connectivity index (χ1v) is 8.90. The monoisotopic (exact) mass is 458 g/mol. The third kappa shape index (κ3) is 3.45. The van der Waals surface area contributed by atoms with Crippen LogP contribution in [-0.4, -0.2) is 10.9 Å². The molecule has 4 nitrogen and oxygen atoms in total. The Morgan fingerprint density at radius 3 is 2.69 bits per heavy atom. The van der Waals surface area contributed by atoms with Crippen LogP contribution in [0, 0.1) is 9.39 Å². The van der Waals surface area contributed by atoms with Gasteiger partial charge in [-0.3, -0.25) is 4.79 Å². The molecule has 0 atom stereocenters. The van der Waals surface area contributed by atoms with Crippen LogP contribution in [0.4, 0.5) is 10.1 Å². The van der Waals surface area contributed by atoms with Crippen LogP contribution in [0.1, 0.15) is 10.4 Å². The normalized spacial score (nSPS) is 10.8. The van der Waals surface area contributed by atoms with Crippen molar-refractivity contribution in [2.24, 2.45) is 0 Å². The predicted octanol–water partition coefficient (Wildman–Crippen LogP) is 5.49. The Hall–Kier alpha value is -2.74. The third-order valence-corrected chi connectivity index (χ3v) is 4.47. The van der Waals surface area contributed by atoms with Gasteiger partial charge in [0.25, 0.3) is 5.91 Å². The van der Waals surface area contributed by atoms with Gasteiger partial charge in [0.2, 0.25) is 5.89 Å². The number of hydrogen-bond acceptors (Lipinski definition) is 3. The predicted molar refractivity (Wildman–Crippen MR) is 107 cm³/mol. The summed E-state index contributed by atoms with van der Waals surface area (Å²) in [6, 6.07) is 18.6. The summed E-state index contributed by atoms with van der Waals surface area (Å²) in [5.41, 5.74) is 2.91. The molecule has 1 heterocycles. The van der Waals surface area contributed by atoms with Crippen molar-refractivity contribution >= 4 is 45.3 Å². The van der Waals surface area contributed by atoms with Gasteiger partial charge in [0.05, 0.1) is 0 Å². The van der Waals surface area contributed by atoms with Crippen molar-refractivity contribution in [2.45, 2.75) is 0 Å². The maximum atomic E-state index is 13.4. The van der Waals surface area contributed by atoms with E-state index in [1.165, 1.54) is 12.1 Å². The molecule has 1 amide bonds. The molecule has 26 heavy (non-hydrogen) atoms. The lowest BCUT2D eigenvalue weighted by Crippen LogP contribution is -2.11. The SMILES string of the molecule is O=C(Nc1ccc2oc(-c3cccc(F)c3)nc2c1)c1cccc(I)c1. The molecule has 6 heteroatoms. The Labute approximate surface area is 162 Å². The average Bonchev–Trinajstić information content (AvgIpc) is 3.05. The molecule has 0 aliphatic carbocycles. The van der Waals surface area contributed by atoms with Crippen molar-refractivity contribution in [1.29, 1.82) is 0 Å². The molecule has 0 saturated heterocycles. The van der Waals surface area contributed by atoms with Crippen molar-refractivity contribution < 1.29 is 13.6 Å². The summed E-state index contributed by atoms with van der Waals surface area (Å²) in [7, 11) is 0. The molecule has 0 aliphatic heterocycles. The number of nitrogens with zero attached hydrogens (tertiary/aromatic N) is 1. The van der Waals surface area contributed by atoms with Crippen LogP contribution in [0.25, 0.3) is 22.6 Å². The quantitative estimate of drug-likeness (QED) is 0.413. The van der Waals surface area contributed by atoms with E-state index in [2.05, 4.69) is 32.9 Å². The second kappa shape index (κ2) is 6.87. The Kier molecular flexibility index (Phi) is 4.42.